The second-order valence-electron chi connectivity index (χ2n) is 7.54. The standard InChI is InChI=1S/C25H17ClN4O3S/c1-15-3-2-4-19(11-15)33-22-10-7-17(12-21(22)26)29-24-20-13-23(34-25(20)28-14-27-24)16-5-8-18(9-6-16)30(31)32/h2-14H,1H3,(H,27,28,29). The summed E-state index contributed by atoms with van der Waals surface area (Å²) in [4.78, 5) is 21.0. The Balaban J connectivity index is 1.40. The van der Waals surface area contributed by atoms with E-state index in [0.717, 1.165) is 37.7 Å². The van der Waals surface area contributed by atoms with Gasteiger partial charge in [-0.1, -0.05) is 23.7 Å². The highest BCUT2D eigenvalue weighted by molar-refractivity contribution is 7.21. The van der Waals surface area contributed by atoms with Gasteiger partial charge < -0.3 is 10.1 Å². The summed E-state index contributed by atoms with van der Waals surface area (Å²) in [6.07, 6.45) is 1.50. The zero-order valence-corrected chi connectivity index (χ0v) is 19.4. The highest BCUT2D eigenvalue weighted by Gasteiger charge is 2.13. The number of aromatic nitrogens is 2. The first-order valence-corrected chi connectivity index (χ1v) is 11.5. The molecular formula is C25H17ClN4O3S. The van der Waals surface area contributed by atoms with Crippen molar-refractivity contribution in [3.05, 3.63) is 99.8 Å². The Hall–Kier alpha value is -4.01. The number of benzene rings is 3. The second-order valence-corrected chi connectivity index (χ2v) is 8.98. The van der Waals surface area contributed by atoms with Crippen molar-refractivity contribution in [2.75, 3.05) is 5.32 Å². The molecule has 9 heteroatoms. The minimum absolute atomic E-state index is 0.0544. The molecule has 0 saturated heterocycles. The number of rotatable bonds is 6. The molecule has 0 aliphatic carbocycles. The zero-order valence-electron chi connectivity index (χ0n) is 17.9. The lowest BCUT2D eigenvalue weighted by Crippen LogP contribution is -1.95. The zero-order chi connectivity index (χ0) is 23.7. The highest BCUT2D eigenvalue weighted by atomic mass is 35.5. The molecule has 7 nitrogen and oxygen atoms in total. The van der Waals surface area contributed by atoms with Crippen LogP contribution in [0.1, 0.15) is 5.56 Å². The van der Waals surface area contributed by atoms with Gasteiger partial charge in [-0.05, 0) is 66.6 Å². The predicted molar refractivity (Wildman–Crippen MR) is 135 cm³/mol. The maximum Gasteiger partial charge on any atom is 0.269 e. The number of thiophene rings is 1. The van der Waals surface area contributed by atoms with Gasteiger partial charge in [0.25, 0.3) is 5.69 Å². The van der Waals surface area contributed by atoms with E-state index in [1.165, 1.54) is 29.8 Å². The SMILES string of the molecule is Cc1cccc(Oc2ccc(Nc3ncnc4sc(-c5ccc([N+](=O)[O-])cc5)cc34)cc2Cl)c1. The number of halogens is 1. The van der Waals surface area contributed by atoms with Gasteiger partial charge in [-0.15, -0.1) is 11.3 Å². The quantitative estimate of drug-likeness (QED) is 0.194. The summed E-state index contributed by atoms with van der Waals surface area (Å²) in [7, 11) is 0. The van der Waals surface area contributed by atoms with Crippen LogP contribution in [-0.4, -0.2) is 14.9 Å². The third-order valence-electron chi connectivity index (χ3n) is 5.10. The Bertz CT molecular complexity index is 1520. The van der Waals surface area contributed by atoms with E-state index in [-0.39, 0.29) is 5.69 Å². The molecule has 0 bridgehead atoms. The number of aryl methyl sites for hydroxylation is 1. The van der Waals surface area contributed by atoms with Crippen LogP contribution in [0, 0.1) is 17.0 Å². The van der Waals surface area contributed by atoms with E-state index in [1.54, 1.807) is 24.3 Å². The summed E-state index contributed by atoms with van der Waals surface area (Å²) in [5, 5.41) is 15.5. The number of anilines is 2. The van der Waals surface area contributed by atoms with Crippen LogP contribution in [0.3, 0.4) is 0 Å². The first-order valence-electron chi connectivity index (χ1n) is 10.3. The number of non-ortho nitro benzene ring substituents is 1. The van der Waals surface area contributed by atoms with Crippen LogP contribution in [-0.2, 0) is 0 Å². The molecular weight excluding hydrogens is 472 g/mol. The Morgan fingerprint density at radius 2 is 1.85 bits per heavy atom. The van der Waals surface area contributed by atoms with Crippen LogP contribution >= 0.6 is 22.9 Å². The summed E-state index contributed by atoms with van der Waals surface area (Å²) < 4.78 is 5.92. The van der Waals surface area contributed by atoms with Gasteiger partial charge in [-0.3, -0.25) is 10.1 Å². The largest absolute Gasteiger partial charge is 0.456 e. The summed E-state index contributed by atoms with van der Waals surface area (Å²) in [5.74, 6) is 1.91. The van der Waals surface area contributed by atoms with Crippen molar-refractivity contribution in [1.29, 1.82) is 0 Å². The van der Waals surface area contributed by atoms with Gasteiger partial charge in [0.15, 0.2) is 0 Å². The molecule has 34 heavy (non-hydrogen) atoms. The van der Waals surface area contributed by atoms with Crippen LogP contribution in [0.2, 0.25) is 5.02 Å². The van der Waals surface area contributed by atoms with Gasteiger partial charge in [0.1, 0.15) is 28.5 Å². The monoisotopic (exact) mass is 488 g/mol. The van der Waals surface area contributed by atoms with Gasteiger partial charge in [0.05, 0.1) is 15.3 Å². The van der Waals surface area contributed by atoms with Gasteiger partial charge in [0.2, 0.25) is 0 Å². The molecule has 0 unspecified atom stereocenters. The second kappa shape index (κ2) is 9.09. The number of fused-ring (bicyclic) bond motifs is 1. The van der Waals surface area contributed by atoms with Crippen molar-refractivity contribution in [2.24, 2.45) is 0 Å². The van der Waals surface area contributed by atoms with Gasteiger partial charge >= 0.3 is 0 Å². The summed E-state index contributed by atoms with van der Waals surface area (Å²) in [6.45, 7) is 2.00. The molecule has 0 aliphatic heterocycles. The van der Waals surface area contributed by atoms with E-state index < -0.39 is 4.92 Å². The molecule has 0 radical (unpaired) electrons. The van der Waals surface area contributed by atoms with Crippen molar-refractivity contribution in [1.82, 2.24) is 9.97 Å². The number of nitrogens with one attached hydrogen (secondary N) is 1. The lowest BCUT2D eigenvalue weighted by Gasteiger charge is -2.11. The fourth-order valence-corrected chi connectivity index (χ4v) is 4.67. The molecule has 3 aromatic carbocycles. The maximum atomic E-state index is 10.9. The Morgan fingerprint density at radius 1 is 1.03 bits per heavy atom. The number of hydrogen-bond acceptors (Lipinski definition) is 7. The van der Waals surface area contributed by atoms with Crippen LogP contribution in [0.25, 0.3) is 20.7 Å². The Labute approximate surface area is 203 Å². The van der Waals surface area contributed by atoms with Crippen molar-refractivity contribution >= 4 is 50.3 Å². The molecule has 0 aliphatic rings. The van der Waals surface area contributed by atoms with E-state index in [2.05, 4.69) is 15.3 Å². The number of nitrogens with zero attached hydrogens (tertiary/aromatic N) is 3. The molecule has 1 N–H and O–H groups in total. The molecule has 0 saturated carbocycles. The van der Waals surface area contributed by atoms with Crippen LogP contribution in [0.5, 0.6) is 11.5 Å². The van der Waals surface area contributed by atoms with E-state index >= 15 is 0 Å². The fourth-order valence-electron chi connectivity index (χ4n) is 3.45. The lowest BCUT2D eigenvalue weighted by molar-refractivity contribution is -0.384. The van der Waals surface area contributed by atoms with E-state index in [1.807, 2.05) is 43.3 Å². The van der Waals surface area contributed by atoms with E-state index in [9.17, 15) is 10.1 Å². The normalized spacial score (nSPS) is 10.9. The number of ether oxygens (including phenoxy) is 1. The van der Waals surface area contributed by atoms with Gasteiger partial charge in [-0.25, -0.2) is 9.97 Å². The van der Waals surface area contributed by atoms with Crippen LogP contribution in [0.4, 0.5) is 17.2 Å². The molecule has 5 aromatic rings. The molecule has 0 spiro atoms. The predicted octanol–water partition coefficient (Wildman–Crippen LogP) is 7.76. The maximum absolute atomic E-state index is 10.9. The highest BCUT2D eigenvalue weighted by Crippen LogP contribution is 2.37. The molecule has 0 fully saturated rings. The minimum Gasteiger partial charge on any atom is -0.456 e. The van der Waals surface area contributed by atoms with E-state index in [4.69, 9.17) is 16.3 Å². The first-order chi connectivity index (χ1) is 16.5. The van der Waals surface area contributed by atoms with Crippen molar-refractivity contribution in [3.63, 3.8) is 0 Å². The van der Waals surface area contributed by atoms with Crippen molar-refractivity contribution < 1.29 is 9.66 Å². The Kier molecular flexibility index (Phi) is 5.83. The lowest BCUT2D eigenvalue weighted by atomic mass is 10.1. The number of nitro groups is 1. The molecule has 2 heterocycles. The topological polar surface area (TPSA) is 90.2 Å². The fraction of sp³-hybridized carbons (Fsp3) is 0.0400. The summed E-state index contributed by atoms with van der Waals surface area (Å²) >= 11 is 7.97. The minimum atomic E-state index is -0.412. The summed E-state index contributed by atoms with van der Waals surface area (Å²) in [5.41, 5.74) is 2.78. The van der Waals surface area contributed by atoms with Crippen molar-refractivity contribution in [3.8, 4) is 21.9 Å². The Morgan fingerprint density at radius 3 is 2.59 bits per heavy atom. The van der Waals surface area contributed by atoms with Gasteiger partial charge in [-0.2, -0.15) is 0 Å². The molecule has 0 atom stereocenters. The average molecular weight is 489 g/mol. The molecule has 2 aromatic heterocycles. The van der Waals surface area contributed by atoms with Gasteiger partial charge in [0, 0.05) is 22.7 Å². The number of nitro benzene ring substituents is 1. The summed E-state index contributed by atoms with van der Waals surface area (Å²) in [6, 6.07) is 21.6. The number of hydrogen-bond donors (Lipinski definition) is 1. The van der Waals surface area contributed by atoms with E-state index in [0.29, 0.717) is 16.6 Å². The third-order valence-corrected chi connectivity index (χ3v) is 6.49. The molecule has 5 rings (SSSR count). The first kappa shape index (κ1) is 21.8. The van der Waals surface area contributed by atoms with Crippen molar-refractivity contribution in [2.45, 2.75) is 6.92 Å². The van der Waals surface area contributed by atoms with Crippen LogP contribution in [0.15, 0.2) is 79.1 Å². The molecule has 168 valence electrons. The third kappa shape index (κ3) is 4.54. The molecule has 0 amide bonds. The average Bonchev–Trinajstić information content (AvgIpc) is 3.26. The van der Waals surface area contributed by atoms with Crippen LogP contribution < -0.4 is 10.1 Å². The smallest absolute Gasteiger partial charge is 0.269 e.